The number of aromatic nitrogens is 5. The molecule has 28 heavy (non-hydrogen) atoms. The number of aliphatic hydroxyl groups excluding tert-OH is 1. The summed E-state index contributed by atoms with van der Waals surface area (Å²) in [5, 5.41) is 18.0. The Balaban J connectivity index is 1.43. The lowest BCUT2D eigenvalue weighted by molar-refractivity contribution is -0.124. The number of rotatable bonds is 4. The van der Waals surface area contributed by atoms with Crippen molar-refractivity contribution < 1.29 is 9.90 Å². The molecule has 2 fully saturated rings. The molecule has 2 aliphatic carbocycles. The van der Waals surface area contributed by atoms with Crippen molar-refractivity contribution in [2.24, 2.45) is 5.92 Å². The highest BCUT2D eigenvalue weighted by molar-refractivity contribution is 5.81. The smallest absolute Gasteiger partial charge is 0.230 e. The Morgan fingerprint density at radius 2 is 2.04 bits per heavy atom. The van der Waals surface area contributed by atoms with E-state index in [1.807, 2.05) is 31.2 Å². The number of carbonyl (C=O) groups excluding carboxylic acids is 1. The number of fused-ring (bicyclic) bond motifs is 1. The molecule has 0 unspecified atom stereocenters. The first kappa shape index (κ1) is 17.4. The van der Waals surface area contributed by atoms with Gasteiger partial charge in [-0.15, -0.1) is 5.10 Å². The summed E-state index contributed by atoms with van der Waals surface area (Å²) in [6.07, 6.45) is 3.48. The minimum absolute atomic E-state index is 0.0691. The minimum atomic E-state index is -0.511. The van der Waals surface area contributed by atoms with Gasteiger partial charge in [0.05, 0.1) is 23.2 Å². The highest BCUT2D eigenvalue weighted by atomic mass is 16.3. The molecule has 2 aromatic heterocycles. The van der Waals surface area contributed by atoms with Crippen LogP contribution in [-0.4, -0.2) is 47.9 Å². The van der Waals surface area contributed by atoms with Crippen molar-refractivity contribution in [1.29, 1.82) is 0 Å². The molecule has 0 aliphatic heterocycles. The van der Waals surface area contributed by atoms with E-state index in [0.717, 1.165) is 36.1 Å². The summed E-state index contributed by atoms with van der Waals surface area (Å²) in [4.78, 5) is 24.8. The lowest BCUT2D eigenvalue weighted by Crippen LogP contribution is -2.47. The Bertz CT molecular complexity index is 988. The average Bonchev–Trinajstić information content (AvgIpc) is 3.34. The SMILES string of the molecule is Cc1nc([C@H]2CC[C@@H](O)[C@H](NC(=O)C3CC3)C2)n(-c2nc3ccccc3[nH]2)n1. The molecule has 3 N–H and O–H groups in total. The van der Waals surface area contributed by atoms with E-state index < -0.39 is 6.10 Å². The number of benzene rings is 1. The normalized spacial score (nSPS) is 25.1. The van der Waals surface area contributed by atoms with E-state index in [4.69, 9.17) is 0 Å². The molecule has 8 heteroatoms. The highest BCUT2D eigenvalue weighted by Gasteiger charge is 2.37. The fourth-order valence-electron chi connectivity index (χ4n) is 4.08. The van der Waals surface area contributed by atoms with Crippen LogP contribution in [0.2, 0.25) is 0 Å². The third-order valence-electron chi connectivity index (χ3n) is 5.77. The van der Waals surface area contributed by atoms with Crippen molar-refractivity contribution in [1.82, 2.24) is 30.0 Å². The van der Waals surface area contributed by atoms with Crippen molar-refractivity contribution in [3.05, 3.63) is 35.9 Å². The summed E-state index contributed by atoms with van der Waals surface area (Å²) in [6, 6.07) is 7.62. The summed E-state index contributed by atoms with van der Waals surface area (Å²) in [5.74, 6) is 2.45. The van der Waals surface area contributed by atoms with Crippen LogP contribution in [-0.2, 0) is 4.79 Å². The zero-order chi connectivity index (χ0) is 19.3. The first-order chi connectivity index (χ1) is 13.6. The monoisotopic (exact) mass is 380 g/mol. The molecule has 3 atom stereocenters. The van der Waals surface area contributed by atoms with Gasteiger partial charge in [0.25, 0.3) is 0 Å². The predicted molar refractivity (Wildman–Crippen MR) is 103 cm³/mol. The maximum absolute atomic E-state index is 12.2. The summed E-state index contributed by atoms with van der Waals surface area (Å²) in [6.45, 7) is 1.87. The van der Waals surface area contributed by atoms with Crippen molar-refractivity contribution >= 4 is 16.9 Å². The molecule has 0 radical (unpaired) electrons. The Morgan fingerprint density at radius 3 is 2.82 bits per heavy atom. The van der Waals surface area contributed by atoms with Gasteiger partial charge in [-0.05, 0) is 51.2 Å². The summed E-state index contributed by atoms with van der Waals surface area (Å²) in [7, 11) is 0. The zero-order valence-corrected chi connectivity index (χ0v) is 15.8. The first-order valence-corrected chi connectivity index (χ1v) is 9.95. The number of aryl methyl sites for hydroxylation is 1. The quantitative estimate of drug-likeness (QED) is 0.641. The summed E-state index contributed by atoms with van der Waals surface area (Å²) >= 11 is 0. The van der Waals surface area contributed by atoms with Crippen LogP contribution in [0.1, 0.15) is 49.7 Å². The van der Waals surface area contributed by atoms with Crippen molar-refractivity contribution in [3.63, 3.8) is 0 Å². The molecule has 3 aromatic rings. The van der Waals surface area contributed by atoms with Gasteiger partial charge in [-0.3, -0.25) is 4.79 Å². The third-order valence-corrected chi connectivity index (χ3v) is 5.77. The molecule has 0 bridgehead atoms. The lowest BCUT2D eigenvalue weighted by atomic mass is 9.83. The van der Waals surface area contributed by atoms with E-state index in [0.29, 0.717) is 24.6 Å². The van der Waals surface area contributed by atoms with E-state index >= 15 is 0 Å². The van der Waals surface area contributed by atoms with Crippen LogP contribution in [0.4, 0.5) is 0 Å². The van der Waals surface area contributed by atoms with Gasteiger partial charge in [-0.25, -0.2) is 9.97 Å². The number of para-hydroxylation sites is 2. The maximum Gasteiger partial charge on any atom is 0.230 e. The largest absolute Gasteiger partial charge is 0.391 e. The van der Waals surface area contributed by atoms with Crippen LogP contribution in [0.15, 0.2) is 24.3 Å². The van der Waals surface area contributed by atoms with Crippen molar-refractivity contribution in [3.8, 4) is 5.95 Å². The number of aliphatic hydroxyl groups is 1. The standard InChI is InChI=1S/C20H24N6O2/c1-11-21-18(26(25-11)20-23-14-4-2-3-5-15(14)24-20)13-8-9-17(27)16(10-13)22-19(28)12-6-7-12/h2-5,12-13,16-17,27H,6-10H2,1H3,(H,22,28)(H,23,24)/t13-,16+,17+/m0/s1. The fourth-order valence-corrected chi connectivity index (χ4v) is 4.08. The topological polar surface area (TPSA) is 109 Å². The molecular weight excluding hydrogens is 356 g/mol. The lowest BCUT2D eigenvalue weighted by Gasteiger charge is -2.33. The molecule has 5 rings (SSSR count). The fraction of sp³-hybridized carbons (Fsp3) is 0.500. The number of imidazole rings is 1. The van der Waals surface area contributed by atoms with Gasteiger partial charge in [0.15, 0.2) is 0 Å². The van der Waals surface area contributed by atoms with E-state index in [9.17, 15) is 9.90 Å². The second-order valence-electron chi connectivity index (χ2n) is 7.97. The molecule has 2 aliphatic rings. The van der Waals surface area contributed by atoms with Gasteiger partial charge in [0.2, 0.25) is 11.9 Å². The molecule has 0 saturated heterocycles. The Labute approximate surface area is 162 Å². The van der Waals surface area contributed by atoms with Gasteiger partial charge in [0, 0.05) is 11.8 Å². The van der Waals surface area contributed by atoms with Crippen LogP contribution in [0, 0.1) is 12.8 Å². The second-order valence-corrected chi connectivity index (χ2v) is 7.97. The molecule has 2 saturated carbocycles. The maximum atomic E-state index is 12.2. The van der Waals surface area contributed by atoms with E-state index in [1.54, 1.807) is 4.68 Å². The molecule has 1 aromatic carbocycles. The Kier molecular flexibility index (Phi) is 4.16. The zero-order valence-electron chi connectivity index (χ0n) is 15.8. The third kappa shape index (κ3) is 3.17. The van der Waals surface area contributed by atoms with Crippen LogP contribution in [0.3, 0.4) is 0 Å². The Hall–Kier alpha value is -2.74. The number of hydrogen-bond acceptors (Lipinski definition) is 5. The van der Waals surface area contributed by atoms with Crippen LogP contribution < -0.4 is 5.32 Å². The molecule has 0 spiro atoms. The number of H-pyrrole nitrogens is 1. The predicted octanol–water partition coefficient (Wildman–Crippen LogP) is 1.98. The molecule has 146 valence electrons. The molecule has 1 amide bonds. The van der Waals surface area contributed by atoms with Gasteiger partial charge in [-0.2, -0.15) is 4.68 Å². The highest BCUT2D eigenvalue weighted by Crippen LogP contribution is 2.35. The van der Waals surface area contributed by atoms with Crippen molar-refractivity contribution in [2.75, 3.05) is 0 Å². The summed E-state index contributed by atoms with van der Waals surface area (Å²) < 4.78 is 1.78. The molecule has 2 heterocycles. The minimum Gasteiger partial charge on any atom is -0.391 e. The number of nitrogens with one attached hydrogen (secondary N) is 2. The van der Waals surface area contributed by atoms with Gasteiger partial charge in [0.1, 0.15) is 11.6 Å². The van der Waals surface area contributed by atoms with E-state index in [1.165, 1.54) is 0 Å². The van der Waals surface area contributed by atoms with Crippen LogP contribution in [0.5, 0.6) is 0 Å². The van der Waals surface area contributed by atoms with E-state index in [-0.39, 0.29) is 23.8 Å². The molecular formula is C20H24N6O2. The average molecular weight is 380 g/mol. The number of hydrogen-bond donors (Lipinski definition) is 3. The van der Waals surface area contributed by atoms with Gasteiger partial charge in [-0.1, -0.05) is 12.1 Å². The van der Waals surface area contributed by atoms with Crippen molar-refractivity contribution in [2.45, 2.75) is 57.1 Å². The number of amides is 1. The van der Waals surface area contributed by atoms with E-state index in [2.05, 4.69) is 25.4 Å². The van der Waals surface area contributed by atoms with Crippen LogP contribution >= 0.6 is 0 Å². The number of nitrogens with zero attached hydrogens (tertiary/aromatic N) is 4. The first-order valence-electron chi connectivity index (χ1n) is 9.95. The Morgan fingerprint density at radius 1 is 1.21 bits per heavy atom. The van der Waals surface area contributed by atoms with Crippen LogP contribution in [0.25, 0.3) is 17.0 Å². The van der Waals surface area contributed by atoms with Gasteiger partial charge < -0.3 is 15.4 Å². The second kappa shape index (κ2) is 6.70. The van der Waals surface area contributed by atoms with Gasteiger partial charge >= 0.3 is 0 Å². The number of aromatic amines is 1. The summed E-state index contributed by atoms with van der Waals surface area (Å²) in [5.41, 5.74) is 1.83. The number of carbonyl (C=O) groups is 1. The molecule has 8 nitrogen and oxygen atoms in total.